The van der Waals surface area contributed by atoms with Gasteiger partial charge in [0.2, 0.25) is 11.4 Å². The summed E-state index contributed by atoms with van der Waals surface area (Å²) in [5, 5.41) is 9.90. The molecule has 0 spiro atoms. The quantitative estimate of drug-likeness (QED) is 0.289. The van der Waals surface area contributed by atoms with Crippen molar-refractivity contribution in [3.05, 3.63) is 80.8 Å². The summed E-state index contributed by atoms with van der Waals surface area (Å²) in [6.45, 7) is 1.10. The number of benzene rings is 2. The van der Waals surface area contributed by atoms with Gasteiger partial charge >= 0.3 is 5.97 Å². The van der Waals surface area contributed by atoms with Crippen molar-refractivity contribution in [1.82, 2.24) is 14.5 Å². The number of aromatic nitrogens is 3. The Morgan fingerprint density at radius 3 is 2.63 bits per heavy atom. The maximum absolute atomic E-state index is 12.9. The third-order valence-corrected chi connectivity index (χ3v) is 6.98. The number of aromatic carboxylic acids is 1. The minimum atomic E-state index is -1.27. The van der Waals surface area contributed by atoms with Crippen molar-refractivity contribution in [2.75, 3.05) is 32.3 Å². The van der Waals surface area contributed by atoms with E-state index in [0.29, 0.717) is 58.7 Å². The van der Waals surface area contributed by atoms with Gasteiger partial charge in [-0.05, 0) is 37.1 Å². The molecule has 0 aliphatic carbocycles. The Kier molecular flexibility index (Phi) is 7.76. The maximum atomic E-state index is 12.9. The first-order valence-electron chi connectivity index (χ1n) is 12.9. The molecule has 11 heteroatoms. The number of nitrogens with zero attached hydrogens (tertiary/aromatic N) is 3. The molecule has 0 amide bonds. The van der Waals surface area contributed by atoms with E-state index in [9.17, 15) is 14.7 Å². The highest BCUT2D eigenvalue weighted by molar-refractivity contribution is 5.93. The number of ether oxygens (including phenoxy) is 3. The number of hydrogen-bond acceptors (Lipinski definition) is 9. The van der Waals surface area contributed by atoms with Crippen molar-refractivity contribution in [1.29, 1.82) is 0 Å². The van der Waals surface area contributed by atoms with Gasteiger partial charge in [-0.2, -0.15) is 4.98 Å². The third-order valence-electron chi connectivity index (χ3n) is 6.98. The molecule has 3 heterocycles. The Bertz CT molecular complexity index is 1770. The Labute approximate surface area is 235 Å². The van der Waals surface area contributed by atoms with Crippen molar-refractivity contribution in [3.63, 3.8) is 0 Å². The number of rotatable bonds is 7. The lowest BCUT2D eigenvalue weighted by Crippen LogP contribution is -2.22. The molecule has 41 heavy (non-hydrogen) atoms. The van der Waals surface area contributed by atoms with Gasteiger partial charge in [0.05, 0.1) is 31.4 Å². The highest BCUT2D eigenvalue weighted by Crippen LogP contribution is 2.36. The summed E-state index contributed by atoms with van der Waals surface area (Å²) in [5.74, 6) is 6.35. The number of fused-ring (bicyclic) bond motifs is 1. The smallest absolute Gasteiger partial charge is 0.341 e. The summed E-state index contributed by atoms with van der Waals surface area (Å²) in [5.41, 5.74) is 14.1. The molecule has 0 saturated carbocycles. The predicted molar refractivity (Wildman–Crippen MR) is 153 cm³/mol. The van der Waals surface area contributed by atoms with Gasteiger partial charge in [-0.15, -0.1) is 0 Å². The highest BCUT2D eigenvalue weighted by Gasteiger charge is 2.20. The van der Waals surface area contributed by atoms with Crippen LogP contribution in [0.1, 0.15) is 45.5 Å². The minimum absolute atomic E-state index is 0.0533. The van der Waals surface area contributed by atoms with Gasteiger partial charge in [-0.3, -0.25) is 4.79 Å². The number of carboxylic acid groups (broad SMARTS) is 1. The number of nitrogens with two attached hydrogens (primary N) is 2. The standard InChI is InChI=1S/C30H29N5O6/c1-39-26-18(8-9-19(27(26)40-2)13-20-14-33-30(32)34-28(20)31)7-5-17-6-10-22-24(12-17)35(15-21-4-3-11-41-21)16-23(25(22)36)29(37)38/h6,8-10,12,14,16,21H,3-4,11,13,15H2,1-2H3,(H,37,38)(H4,31,32,33,34)/t21-/m0/s1. The van der Waals surface area contributed by atoms with E-state index >= 15 is 0 Å². The molecule has 5 N–H and O–H groups in total. The molecule has 4 aromatic rings. The van der Waals surface area contributed by atoms with Gasteiger partial charge in [-0.25, -0.2) is 9.78 Å². The van der Waals surface area contributed by atoms with Crippen LogP contribution in [0.15, 0.2) is 47.5 Å². The average Bonchev–Trinajstić information content (AvgIpc) is 3.47. The number of hydrogen-bond donors (Lipinski definition) is 3. The van der Waals surface area contributed by atoms with E-state index in [-0.39, 0.29) is 23.4 Å². The molecule has 0 radical (unpaired) electrons. The summed E-state index contributed by atoms with van der Waals surface area (Å²) in [6, 6.07) is 8.78. The van der Waals surface area contributed by atoms with Crippen LogP contribution in [0.2, 0.25) is 0 Å². The van der Waals surface area contributed by atoms with E-state index in [1.54, 1.807) is 36.1 Å². The molecule has 11 nitrogen and oxygen atoms in total. The lowest BCUT2D eigenvalue weighted by molar-refractivity contribution is 0.0693. The van der Waals surface area contributed by atoms with Gasteiger partial charge in [0.15, 0.2) is 11.5 Å². The fourth-order valence-corrected chi connectivity index (χ4v) is 4.96. The number of methoxy groups -OCH3 is 2. The van der Waals surface area contributed by atoms with E-state index in [0.717, 1.165) is 18.4 Å². The Hall–Kier alpha value is -5.08. The number of nitrogen functional groups attached to an aromatic ring is 2. The molecule has 5 rings (SSSR count). The second-order valence-electron chi connectivity index (χ2n) is 9.60. The predicted octanol–water partition coefficient (Wildman–Crippen LogP) is 2.84. The number of carbonyl (C=O) groups is 1. The monoisotopic (exact) mass is 555 g/mol. The van der Waals surface area contributed by atoms with E-state index in [1.165, 1.54) is 13.3 Å². The fraction of sp³-hybridized carbons (Fsp3) is 0.267. The Morgan fingerprint density at radius 2 is 1.95 bits per heavy atom. The second kappa shape index (κ2) is 11.6. The summed E-state index contributed by atoms with van der Waals surface area (Å²) < 4.78 is 18.9. The van der Waals surface area contributed by atoms with Crippen LogP contribution in [-0.2, 0) is 17.7 Å². The summed E-state index contributed by atoms with van der Waals surface area (Å²) in [6.07, 6.45) is 5.11. The van der Waals surface area contributed by atoms with E-state index < -0.39 is 11.4 Å². The highest BCUT2D eigenvalue weighted by atomic mass is 16.5. The van der Waals surface area contributed by atoms with Gasteiger partial charge in [0.25, 0.3) is 0 Å². The zero-order valence-corrected chi connectivity index (χ0v) is 22.6. The van der Waals surface area contributed by atoms with Crippen LogP contribution in [0.3, 0.4) is 0 Å². The van der Waals surface area contributed by atoms with Crippen molar-refractivity contribution in [3.8, 4) is 23.3 Å². The van der Waals surface area contributed by atoms with E-state index in [1.807, 2.05) is 12.1 Å². The molecule has 0 bridgehead atoms. The number of pyridine rings is 1. The maximum Gasteiger partial charge on any atom is 0.341 e. The molecule has 1 aliphatic rings. The Morgan fingerprint density at radius 1 is 1.15 bits per heavy atom. The van der Waals surface area contributed by atoms with Gasteiger partial charge in [0.1, 0.15) is 11.4 Å². The molecule has 1 aliphatic heterocycles. The molecular formula is C30H29N5O6. The van der Waals surface area contributed by atoms with Crippen molar-refractivity contribution in [2.24, 2.45) is 0 Å². The Balaban J connectivity index is 1.53. The van der Waals surface area contributed by atoms with Crippen LogP contribution >= 0.6 is 0 Å². The number of carboxylic acids is 1. The lowest BCUT2D eigenvalue weighted by atomic mass is 10.0. The minimum Gasteiger partial charge on any atom is -0.493 e. The van der Waals surface area contributed by atoms with Crippen molar-refractivity contribution in [2.45, 2.75) is 31.9 Å². The van der Waals surface area contributed by atoms with Crippen LogP contribution in [0.4, 0.5) is 11.8 Å². The largest absolute Gasteiger partial charge is 0.493 e. The molecule has 2 aromatic heterocycles. The average molecular weight is 556 g/mol. The van der Waals surface area contributed by atoms with Crippen LogP contribution in [0.25, 0.3) is 10.9 Å². The summed E-state index contributed by atoms with van der Waals surface area (Å²) in [4.78, 5) is 32.7. The second-order valence-corrected chi connectivity index (χ2v) is 9.60. The molecule has 0 unspecified atom stereocenters. The van der Waals surface area contributed by atoms with E-state index in [2.05, 4.69) is 21.8 Å². The number of anilines is 2. The van der Waals surface area contributed by atoms with Gasteiger partial charge < -0.3 is 35.4 Å². The molecule has 1 saturated heterocycles. The molecule has 1 atom stereocenters. The summed E-state index contributed by atoms with van der Waals surface area (Å²) >= 11 is 0. The van der Waals surface area contributed by atoms with E-state index in [4.69, 9.17) is 25.7 Å². The van der Waals surface area contributed by atoms with Crippen LogP contribution in [0, 0.1) is 11.8 Å². The third kappa shape index (κ3) is 5.64. The molecule has 210 valence electrons. The van der Waals surface area contributed by atoms with Crippen molar-refractivity contribution >= 4 is 28.6 Å². The topological polar surface area (TPSA) is 165 Å². The fourth-order valence-electron chi connectivity index (χ4n) is 4.96. The molecular weight excluding hydrogens is 526 g/mol. The van der Waals surface area contributed by atoms with Crippen molar-refractivity contribution < 1.29 is 24.1 Å². The van der Waals surface area contributed by atoms with Crippen LogP contribution < -0.4 is 26.4 Å². The van der Waals surface area contributed by atoms with Crippen LogP contribution in [-0.4, -0.2) is 52.5 Å². The van der Waals surface area contributed by atoms with Gasteiger partial charge in [-0.1, -0.05) is 17.9 Å². The molecule has 1 fully saturated rings. The van der Waals surface area contributed by atoms with Crippen LogP contribution in [0.5, 0.6) is 11.5 Å². The first-order valence-corrected chi connectivity index (χ1v) is 12.9. The summed E-state index contributed by atoms with van der Waals surface area (Å²) in [7, 11) is 3.08. The first kappa shape index (κ1) is 27.5. The molecule has 2 aromatic carbocycles. The zero-order valence-electron chi connectivity index (χ0n) is 22.6. The normalized spacial score (nSPS) is 14.4. The first-order chi connectivity index (χ1) is 19.8. The SMILES string of the molecule is COc1c(C#Cc2ccc3c(=O)c(C(=O)O)cn(C[C@@H]4CCCO4)c3c2)ccc(Cc2cnc(N)nc2N)c1OC. The van der Waals surface area contributed by atoms with Gasteiger partial charge in [0, 0.05) is 54.0 Å². The lowest BCUT2D eigenvalue weighted by Gasteiger charge is -2.16. The zero-order chi connectivity index (χ0) is 29.1.